The number of hydrogen-bond donors (Lipinski definition) is 0. The Balaban J connectivity index is 1.18. The lowest BCUT2D eigenvalue weighted by Gasteiger charge is -2.14. The van der Waals surface area contributed by atoms with Gasteiger partial charge in [-0.05, 0) is 74.3 Å². The van der Waals surface area contributed by atoms with E-state index in [4.69, 9.17) is 9.47 Å². The quantitative estimate of drug-likeness (QED) is 0.200. The first-order chi connectivity index (χ1) is 19.1. The molecular formula is C33H25NO4S. The van der Waals surface area contributed by atoms with E-state index in [-0.39, 0.29) is 17.7 Å². The van der Waals surface area contributed by atoms with Crippen LogP contribution in [0.1, 0.15) is 16.7 Å². The second-order valence-electron chi connectivity index (χ2n) is 9.29. The van der Waals surface area contributed by atoms with E-state index in [0.717, 1.165) is 44.6 Å². The standard InChI is InChI=1S/C33H25NO4S/c1-37-30-18-22(14-16-29(30)38-21-23-13-15-24-7-2-3-9-26(24)17-23)19-31-32(35)34(33(36)39-31)20-27-11-6-10-25-8-4-5-12-28(25)27/h2-19H,20-21H2,1H3/b31-19+. The van der Waals surface area contributed by atoms with Crippen molar-refractivity contribution in [3.05, 3.63) is 125 Å². The lowest BCUT2D eigenvalue weighted by atomic mass is 10.0. The Labute approximate surface area is 230 Å². The molecule has 2 amide bonds. The molecule has 0 bridgehead atoms. The number of carbonyl (C=O) groups is 2. The zero-order valence-electron chi connectivity index (χ0n) is 21.3. The molecular weight excluding hydrogens is 506 g/mol. The van der Waals surface area contributed by atoms with Gasteiger partial charge >= 0.3 is 0 Å². The number of hydrogen-bond acceptors (Lipinski definition) is 5. The minimum atomic E-state index is -0.298. The molecule has 0 radical (unpaired) electrons. The second kappa shape index (κ2) is 10.7. The molecule has 5 nitrogen and oxygen atoms in total. The number of nitrogens with zero attached hydrogens (tertiary/aromatic N) is 1. The molecule has 1 aliphatic rings. The first-order valence-electron chi connectivity index (χ1n) is 12.6. The highest BCUT2D eigenvalue weighted by Gasteiger charge is 2.35. The number of imide groups is 1. The number of carbonyl (C=O) groups excluding carboxylic acids is 2. The molecule has 0 aliphatic carbocycles. The van der Waals surface area contributed by atoms with Crippen molar-refractivity contribution in [3.63, 3.8) is 0 Å². The van der Waals surface area contributed by atoms with Gasteiger partial charge in [0.25, 0.3) is 11.1 Å². The molecule has 1 aliphatic heterocycles. The van der Waals surface area contributed by atoms with Crippen molar-refractivity contribution in [1.82, 2.24) is 4.90 Å². The number of amides is 2. The maximum absolute atomic E-state index is 13.2. The lowest BCUT2D eigenvalue weighted by molar-refractivity contribution is -0.123. The molecule has 0 atom stereocenters. The molecule has 0 saturated carbocycles. The Morgan fingerprint density at radius 2 is 1.54 bits per heavy atom. The summed E-state index contributed by atoms with van der Waals surface area (Å²) in [6, 6.07) is 33.9. The monoisotopic (exact) mass is 531 g/mol. The first-order valence-corrected chi connectivity index (χ1v) is 13.4. The third-order valence-corrected chi connectivity index (χ3v) is 7.68. The number of methoxy groups -OCH3 is 1. The first kappa shape index (κ1) is 24.8. The lowest BCUT2D eigenvalue weighted by Crippen LogP contribution is -2.27. The van der Waals surface area contributed by atoms with Gasteiger partial charge in [-0.25, -0.2) is 0 Å². The van der Waals surface area contributed by atoms with Crippen LogP contribution in [0.4, 0.5) is 4.79 Å². The van der Waals surface area contributed by atoms with Gasteiger partial charge in [0.1, 0.15) is 6.61 Å². The molecule has 1 saturated heterocycles. The Morgan fingerprint density at radius 3 is 2.38 bits per heavy atom. The zero-order chi connectivity index (χ0) is 26.8. The summed E-state index contributed by atoms with van der Waals surface area (Å²) in [5.74, 6) is 0.861. The van der Waals surface area contributed by atoms with E-state index in [1.165, 1.54) is 10.3 Å². The van der Waals surface area contributed by atoms with Crippen LogP contribution in [0.2, 0.25) is 0 Å². The normalized spacial score (nSPS) is 14.5. The van der Waals surface area contributed by atoms with Gasteiger partial charge in [-0.2, -0.15) is 0 Å². The number of rotatable bonds is 7. The number of fused-ring (bicyclic) bond motifs is 2. The summed E-state index contributed by atoms with van der Waals surface area (Å²) < 4.78 is 11.6. The van der Waals surface area contributed by atoms with Crippen molar-refractivity contribution < 1.29 is 19.1 Å². The van der Waals surface area contributed by atoms with E-state index < -0.39 is 0 Å². The van der Waals surface area contributed by atoms with Crippen LogP contribution in [-0.4, -0.2) is 23.2 Å². The molecule has 192 valence electrons. The summed E-state index contributed by atoms with van der Waals surface area (Å²) in [5.41, 5.74) is 2.74. The van der Waals surface area contributed by atoms with Gasteiger partial charge in [0.15, 0.2) is 11.5 Å². The highest BCUT2D eigenvalue weighted by molar-refractivity contribution is 8.18. The molecule has 5 aromatic rings. The molecule has 5 aromatic carbocycles. The van der Waals surface area contributed by atoms with Crippen molar-refractivity contribution in [2.45, 2.75) is 13.2 Å². The van der Waals surface area contributed by atoms with E-state index in [1.54, 1.807) is 13.2 Å². The Bertz CT molecular complexity index is 1750. The number of thioether (sulfide) groups is 1. The van der Waals surface area contributed by atoms with Crippen LogP contribution in [0, 0.1) is 0 Å². The Morgan fingerprint density at radius 1 is 0.769 bits per heavy atom. The van der Waals surface area contributed by atoms with Crippen molar-refractivity contribution in [2.24, 2.45) is 0 Å². The molecule has 39 heavy (non-hydrogen) atoms. The largest absolute Gasteiger partial charge is 0.493 e. The summed E-state index contributed by atoms with van der Waals surface area (Å²) >= 11 is 0.954. The van der Waals surface area contributed by atoms with Gasteiger partial charge in [-0.15, -0.1) is 0 Å². The average molecular weight is 532 g/mol. The highest BCUT2D eigenvalue weighted by atomic mass is 32.2. The summed E-state index contributed by atoms with van der Waals surface area (Å²) in [4.78, 5) is 27.7. The number of ether oxygens (including phenoxy) is 2. The van der Waals surface area contributed by atoms with Crippen molar-refractivity contribution in [3.8, 4) is 11.5 Å². The summed E-state index contributed by atoms with van der Waals surface area (Å²) in [7, 11) is 1.58. The van der Waals surface area contributed by atoms with Crippen molar-refractivity contribution in [1.29, 1.82) is 0 Å². The predicted molar refractivity (Wildman–Crippen MR) is 157 cm³/mol. The third kappa shape index (κ3) is 5.11. The van der Waals surface area contributed by atoms with Gasteiger partial charge in [0.2, 0.25) is 0 Å². The van der Waals surface area contributed by atoms with Gasteiger partial charge in [0.05, 0.1) is 18.6 Å². The molecule has 1 fully saturated rings. The van der Waals surface area contributed by atoms with Crippen LogP contribution >= 0.6 is 11.8 Å². The molecule has 6 heteroatoms. The van der Waals surface area contributed by atoms with E-state index >= 15 is 0 Å². The van der Waals surface area contributed by atoms with Crippen LogP contribution in [0.15, 0.2) is 108 Å². The van der Waals surface area contributed by atoms with E-state index in [0.29, 0.717) is 23.0 Å². The van der Waals surface area contributed by atoms with Crippen LogP contribution in [0.25, 0.3) is 27.6 Å². The highest BCUT2D eigenvalue weighted by Crippen LogP contribution is 2.36. The fourth-order valence-electron chi connectivity index (χ4n) is 4.77. The minimum absolute atomic E-state index is 0.230. The topological polar surface area (TPSA) is 55.8 Å². The van der Waals surface area contributed by atoms with Gasteiger partial charge in [0, 0.05) is 0 Å². The Kier molecular flexibility index (Phi) is 6.78. The molecule has 0 aromatic heterocycles. The van der Waals surface area contributed by atoms with Crippen molar-refractivity contribution >= 4 is 50.5 Å². The van der Waals surface area contributed by atoms with Crippen LogP contribution in [0.3, 0.4) is 0 Å². The van der Waals surface area contributed by atoms with Crippen molar-refractivity contribution in [2.75, 3.05) is 7.11 Å². The molecule has 0 unspecified atom stereocenters. The fraction of sp³-hybridized carbons (Fsp3) is 0.0909. The van der Waals surface area contributed by atoms with Gasteiger partial charge in [-0.3, -0.25) is 14.5 Å². The average Bonchev–Trinajstić information content (AvgIpc) is 3.23. The molecule has 1 heterocycles. The summed E-state index contributed by atoms with van der Waals surface area (Å²) in [6.07, 6.45) is 1.73. The molecule has 0 spiro atoms. The molecule has 0 N–H and O–H groups in total. The zero-order valence-corrected chi connectivity index (χ0v) is 22.1. The second-order valence-corrected chi connectivity index (χ2v) is 10.3. The fourth-order valence-corrected chi connectivity index (χ4v) is 5.61. The SMILES string of the molecule is COc1cc(/C=C2/SC(=O)N(Cc3cccc4ccccc34)C2=O)ccc1OCc1ccc2ccccc2c1. The van der Waals surface area contributed by atoms with Gasteiger partial charge < -0.3 is 9.47 Å². The number of benzene rings is 5. The predicted octanol–water partition coefficient (Wildman–Crippen LogP) is 7.82. The van der Waals surface area contributed by atoms with Crippen LogP contribution in [-0.2, 0) is 17.9 Å². The van der Waals surface area contributed by atoms with E-state index in [9.17, 15) is 9.59 Å². The smallest absolute Gasteiger partial charge is 0.293 e. The van der Waals surface area contributed by atoms with Crippen LogP contribution in [0.5, 0.6) is 11.5 Å². The van der Waals surface area contributed by atoms with Crippen LogP contribution < -0.4 is 9.47 Å². The van der Waals surface area contributed by atoms with E-state index in [2.05, 4.69) is 30.3 Å². The summed E-state index contributed by atoms with van der Waals surface area (Å²) in [5, 5.41) is 4.18. The summed E-state index contributed by atoms with van der Waals surface area (Å²) in [6.45, 7) is 0.627. The third-order valence-electron chi connectivity index (χ3n) is 6.78. The van der Waals surface area contributed by atoms with Gasteiger partial charge in [-0.1, -0.05) is 84.9 Å². The maximum Gasteiger partial charge on any atom is 0.293 e. The molecule has 6 rings (SSSR count). The maximum atomic E-state index is 13.2. The minimum Gasteiger partial charge on any atom is -0.493 e. The van der Waals surface area contributed by atoms with E-state index in [1.807, 2.05) is 72.8 Å². The Hall–Kier alpha value is -4.55.